The summed E-state index contributed by atoms with van der Waals surface area (Å²) in [4.78, 5) is 6.19. The summed E-state index contributed by atoms with van der Waals surface area (Å²) in [5.74, 6) is -0.762. The Bertz CT molecular complexity index is 632. The maximum Gasteiger partial charge on any atom is 0.265 e. The third kappa shape index (κ3) is 4.43. The number of aromatic nitrogens is 1. The Kier molecular flexibility index (Phi) is 4.86. The maximum atomic E-state index is 13.8. The van der Waals surface area contributed by atoms with E-state index in [4.69, 9.17) is 9.71 Å². The van der Waals surface area contributed by atoms with Gasteiger partial charge in [0.25, 0.3) is 10.1 Å². The summed E-state index contributed by atoms with van der Waals surface area (Å²) in [7, 11) is -3.88. The molecule has 1 unspecified atom stereocenters. The van der Waals surface area contributed by atoms with Gasteiger partial charge in [0, 0.05) is 10.5 Å². The van der Waals surface area contributed by atoms with Crippen LogP contribution in [0.1, 0.15) is 12.5 Å². The van der Waals surface area contributed by atoms with Gasteiger partial charge in [0.2, 0.25) is 0 Å². The van der Waals surface area contributed by atoms with E-state index in [0.29, 0.717) is 4.60 Å². The lowest BCUT2D eigenvalue weighted by Crippen LogP contribution is -2.33. The standard InChI is InChI=1S/C9H10BrFN4O3S/c1-9(5-14-15-12,18-19(2,16)17)6-3-8(10)13-4-7(6)11/h3-4H,5H2,1-2H3. The Labute approximate surface area is 117 Å². The van der Waals surface area contributed by atoms with E-state index in [2.05, 4.69) is 30.9 Å². The van der Waals surface area contributed by atoms with E-state index in [0.717, 1.165) is 12.5 Å². The van der Waals surface area contributed by atoms with Gasteiger partial charge in [-0.2, -0.15) is 8.42 Å². The number of hydrogen-bond donors (Lipinski definition) is 0. The summed E-state index contributed by atoms with van der Waals surface area (Å²) >= 11 is 3.05. The van der Waals surface area contributed by atoms with Gasteiger partial charge in [0.05, 0.1) is 19.0 Å². The molecule has 10 heteroatoms. The zero-order valence-corrected chi connectivity index (χ0v) is 12.4. The van der Waals surface area contributed by atoms with Crippen LogP contribution in [-0.2, 0) is 19.9 Å². The van der Waals surface area contributed by atoms with Gasteiger partial charge >= 0.3 is 0 Å². The lowest BCUT2D eigenvalue weighted by Gasteiger charge is -2.27. The van der Waals surface area contributed by atoms with Gasteiger partial charge in [-0.15, -0.1) is 0 Å². The Morgan fingerprint density at radius 3 is 2.84 bits per heavy atom. The molecule has 1 aromatic rings. The van der Waals surface area contributed by atoms with Crippen molar-refractivity contribution in [2.24, 2.45) is 5.11 Å². The highest BCUT2D eigenvalue weighted by Crippen LogP contribution is 2.31. The van der Waals surface area contributed by atoms with Crippen molar-refractivity contribution in [1.29, 1.82) is 0 Å². The van der Waals surface area contributed by atoms with Crippen LogP contribution in [0.4, 0.5) is 4.39 Å². The number of halogens is 2. The molecule has 0 saturated heterocycles. The Morgan fingerprint density at radius 2 is 2.32 bits per heavy atom. The smallest absolute Gasteiger partial charge is 0.259 e. The van der Waals surface area contributed by atoms with E-state index in [-0.39, 0.29) is 12.1 Å². The van der Waals surface area contributed by atoms with Gasteiger partial charge in [0.15, 0.2) is 0 Å². The first kappa shape index (κ1) is 15.8. The van der Waals surface area contributed by atoms with Crippen molar-refractivity contribution in [3.8, 4) is 0 Å². The van der Waals surface area contributed by atoms with Crippen LogP contribution in [0.5, 0.6) is 0 Å². The Hall–Kier alpha value is -1.22. The second-order valence-corrected chi connectivity index (χ2v) is 6.28. The molecule has 1 aromatic heterocycles. The monoisotopic (exact) mass is 352 g/mol. The quantitative estimate of drug-likeness (QED) is 0.267. The van der Waals surface area contributed by atoms with Gasteiger partial charge in [0.1, 0.15) is 16.0 Å². The molecule has 19 heavy (non-hydrogen) atoms. The van der Waals surface area contributed by atoms with Gasteiger partial charge in [-0.1, -0.05) is 5.11 Å². The van der Waals surface area contributed by atoms with E-state index >= 15 is 0 Å². The molecule has 1 heterocycles. The highest BCUT2D eigenvalue weighted by Gasteiger charge is 2.34. The molecule has 0 N–H and O–H groups in total. The van der Waals surface area contributed by atoms with E-state index in [9.17, 15) is 12.8 Å². The van der Waals surface area contributed by atoms with E-state index in [1.54, 1.807) is 0 Å². The van der Waals surface area contributed by atoms with Crippen molar-refractivity contribution in [2.75, 3.05) is 12.8 Å². The van der Waals surface area contributed by atoms with E-state index in [1.165, 1.54) is 13.0 Å². The van der Waals surface area contributed by atoms with Crippen LogP contribution in [0.3, 0.4) is 0 Å². The first-order valence-corrected chi connectivity index (χ1v) is 7.52. The summed E-state index contributed by atoms with van der Waals surface area (Å²) in [6.07, 6.45) is 1.74. The number of rotatable bonds is 5. The van der Waals surface area contributed by atoms with Crippen LogP contribution in [0.15, 0.2) is 22.0 Å². The summed E-state index contributed by atoms with van der Waals surface area (Å²) in [6, 6.07) is 1.27. The molecule has 1 atom stereocenters. The van der Waals surface area contributed by atoms with E-state index in [1.807, 2.05) is 0 Å². The molecule has 0 amide bonds. The molecule has 0 radical (unpaired) electrons. The molecular weight excluding hydrogens is 343 g/mol. The molecule has 0 fully saturated rings. The van der Waals surface area contributed by atoms with Gasteiger partial charge in [-0.3, -0.25) is 4.18 Å². The lowest BCUT2D eigenvalue weighted by molar-refractivity contribution is 0.102. The molecule has 1 rings (SSSR count). The van der Waals surface area contributed by atoms with Crippen molar-refractivity contribution in [3.63, 3.8) is 0 Å². The predicted octanol–water partition coefficient (Wildman–Crippen LogP) is 2.48. The molecule has 0 bridgehead atoms. The fourth-order valence-electron chi connectivity index (χ4n) is 1.48. The number of azide groups is 1. The highest BCUT2D eigenvalue weighted by atomic mass is 79.9. The van der Waals surface area contributed by atoms with Crippen LogP contribution in [-0.4, -0.2) is 26.2 Å². The minimum Gasteiger partial charge on any atom is -0.259 e. The average molecular weight is 353 g/mol. The first-order valence-electron chi connectivity index (χ1n) is 4.91. The fourth-order valence-corrected chi connectivity index (χ4v) is 2.62. The summed E-state index contributed by atoms with van der Waals surface area (Å²) in [5.41, 5.74) is 6.62. The third-order valence-corrected chi connectivity index (χ3v) is 3.27. The molecule has 0 aromatic carbocycles. The van der Waals surface area contributed by atoms with Crippen molar-refractivity contribution in [3.05, 3.63) is 38.7 Å². The molecule has 0 aliphatic carbocycles. The van der Waals surface area contributed by atoms with Crippen molar-refractivity contribution < 1.29 is 17.0 Å². The highest BCUT2D eigenvalue weighted by molar-refractivity contribution is 9.10. The second kappa shape index (κ2) is 5.83. The summed E-state index contributed by atoms with van der Waals surface area (Å²) in [6.45, 7) is 0.928. The number of nitrogens with zero attached hydrogens (tertiary/aromatic N) is 4. The Balaban J connectivity index is 3.37. The van der Waals surface area contributed by atoms with E-state index < -0.39 is 21.5 Å². The van der Waals surface area contributed by atoms with Gasteiger partial charge < -0.3 is 0 Å². The normalized spacial score (nSPS) is 14.5. The molecule has 104 valence electrons. The zero-order valence-electron chi connectivity index (χ0n) is 10.0. The number of hydrogen-bond acceptors (Lipinski definition) is 5. The predicted molar refractivity (Wildman–Crippen MR) is 69.2 cm³/mol. The zero-order chi connectivity index (χ0) is 14.7. The van der Waals surface area contributed by atoms with Crippen LogP contribution in [0, 0.1) is 5.82 Å². The molecule has 0 saturated carbocycles. The van der Waals surface area contributed by atoms with Crippen molar-refractivity contribution >= 4 is 26.0 Å². The molecular formula is C9H10BrFN4O3S. The van der Waals surface area contributed by atoms with Crippen LogP contribution < -0.4 is 0 Å². The lowest BCUT2D eigenvalue weighted by atomic mass is 9.97. The Morgan fingerprint density at radius 1 is 1.68 bits per heavy atom. The average Bonchev–Trinajstić information content (AvgIpc) is 2.27. The van der Waals surface area contributed by atoms with Crippen molar-refractivity contribution in [2.45, 2.75) is 12.5 Å². The SMILES string of the molecule is CC(CN=[N+]=[N-])(OS(C)(=O)=O)c1cc(Br)ncc1F. The molecule has 0 spiro atoms. The summed E-state index contributed by atoms with van der Waals surface area (Å²) < 4.78 is 41.5. The number of pyridine rings is 1. The summed E-state index contributed by atoms with van der Waals surface area (Å²) in [5, 5.41) is 3.26. The topological polar surface area (TPSA) is 105 Å². The molecule has 7 nitrogen and oxygen atoms in total. The first-order chi connectivity index (χ1) is 8.68. The minimum absolute atomic E-state index is 0.0767. The molecule has 0 aliphatic heterocycles. The van der Waals surface area contributed by atoms with Gasteiger partial charge in [-0.05, 0) is 34.5 Å². The minimum atomic E-state index is -3.88. The maximum absolute atomic E-state index is 13.8. The van der Waals surface area contributed by atoms with Crippen LogP contribution >= 0.6 is 15.9 Å². The van der Waals surface area contributed by atoms with Crippen molar-refractivity contribution in [1.82, 2.24) is 4.98 Å². The second-order valence-electron chi connectivity index (χ2n) is 3.89. The largest absolute Gasteiger partial charge is 0.265 e. The third-order valence-electron chi connectivity index (χ3n) is 2.16. The fraction of sp³-hybridized carbons (Fsp3) is 0.444. The molecule has 0 aliphatic rings. The van der Waals surface area contributed by atoms with Crippen LogP contribution in [0.2, 0.25) is 0 Å². The van der Waals surface area contributed by atoms with Gasteiger partial charge in [-0.25, -0.2) is 9.37 Å². The van der Waals surface area contributed by atoms with Crippen LogP contribution in [0.25, 0.3) is 10.4 Å².